The summed E-state index contributed by atoms with van der Waals surface area (Å²) in [5.74, 6) is -2.38. The lowest BCUT2D eigenvalue weighted by molar-refractivity contribution is -0.116. The average Bonchev–Trinajstić information content (AvgIpc) is 2.74. The zero-order chi connectivity index (χ0) is 22.5. The second-order valence-electron chi connectivity index (χ2n) is 6.57. The number of amides is 1. The van der Waals surface area contributed by atoms with Crippen molar-refractivity contribution in [3.8, 4) is 0 Å². The average molecular weight is 446 g/mol. The molecule has 0 atom stereocenters. The van der Waals surface area contributed by atoms with E-state index in [0.717, 1.165) is 34.4 Å². The van der Waals surface area contributed by atoms with Crippen molar-refractivity contribution in [3.05, 3.63) is 86.6 Å². The molecule has 3 N–H and O–H groups in total. The summed E-state index contributed by atoms with van der Waals surface area (Å²) >= 11 is 0.869. The Labute approximate surface area is 180 Å². The van der Waals surface area contributed by atoms with Gasteiger partial charge in [-0.25, -0.2) is 13.6 Å². The number of hydrogen-bond acceptors (Lipinski definition) is 5. The number of halogens is 2. The number of nitrogen functional groups attached to an aromatic ring is 1. The Bertz CT molecular complexity index is 1210. The number of aromatic amines is 1. The predicted octanol–water partition coefficient (Wildman–Crippen LogP) is 2.59. The van der Waals surface area contributed by atoms with Gasteiger partial charge in [-0.2, -0.15) is 0 Å². The summed E-state index contributed by atoms with van der Waals surface area (Å²) in [6, 6.07) is 12.1. The zero-order valence-electron chi connectivity index (χ0n) is 16.6. The van der Waals surface area contributed by atoms with Gasteiger partial charge >= 0.3 is 5.69 Å². The molecule has 10 heteroatoms. The van der Waals surface area contributed by atoms with Crippen LogP contribution in [0.2, 0.25) is 0 Å². The minimum absolute atomic E-state index is 0.0988. The van der Waals surface area contributed by atoms with Crippen molar-refractivity contribution < 1.29 is 13.6 Å². The summed E-state index contributed by atoms with van der Waals surface area (Å²) in [5.41, 5.74) is 5.28. The fourth-order valence-corrected chi connectivity index (χ4v) is 3.83. The van der Waals surface area contributed by atoms with Crippen LogP contribution in [-0.2, 0) is 11.3 Å². The van der Waals surface area contributed by atoms with Crippen LogP contribution in [0.4, 0.5) is 20.3 Å². The van der Waals surface area contributed by atoms with E-state index < -0.39 is 28.8 Å². The van der Waals surface area contributed by atoms with Crippen molar-refractivity contribution in [1.82, 2.24) is 9.55 Å². The second kappa shape index (κ2) is 9.61. The van der Waals surface area contributed by atoms with Crippen LogP contribution in [0.25, 0.3) is 0 Å². The molecule has 3 aromatic rings. The number of rotatable bonds is 7. The van der Waals surface area contributed by atoms with Crippen molar-refractivity contribution in [2.75, 3.05) is 22.9 Å². The standard InChI is InChI=1S/C21H20F2N4O3S/c1-2-26(17(28)12-31-16-9-8-14(22)10-15(16)23)18-19(24)27(21(30)25-20(18)29)11-13-6-4-3-5-7-13/h3-10H,2,11-12,24H2,1H3,(H,25,29,30). The van der Waals surface area contributed by atoms with Crippen LogP contribution in [0.1, 0.15) is 12.5 Å². The molecule has 0 bridgehead atoms. The maximum absolute atomic E-state index is 13.8. The third-order valence-corrected chi connectivity index (χ3v) is 5.56. The first-order chi connectivity index (χ1) is 14.8. The Hall–Kier alpha value is -3.40. The Morgan fingerprint density at radius 2 is 1.87 bits per heavy atom. The van der Waals surface area contributed by atoms with E-state index >= 15 is 0 Å². The molecule has 0 aliphatic heterocycles. The van der Waals surface area contributed by atoms with Gasteiger partial charge in [0.2, 0.25) is 5.91 Å². The molecule has 0 spiro atoms. The highest BCUT2D eigenvalue weighted by molar-refractivity contribution is 8.00. The fraction of sp³-hybridized carbons (Fsp3) is 0.190. The molecule has 1 amide bonds. The van der Waals surface area contributed by atoms with Gasteiger partial charge in [-0.3, -0.25) is 19.1 Å². The number of nitrogens with one attached hydrogen (secondary N) is 1. The van der Waals surface area contributed by atoms with E-state index in [4.69, 9.17) is 5.73 Å². The molecule has 7 nitrogen and oxygen atoms in total. The number of nitrogens with zero attached hydrogens (tertiary/aromatic N) is 2. The summed E-state index contributed by atoms with van der Waals surface area (Å²) < 4.78 is 28.1. The van der Waals surface area contributed by atoms with Crippen LogP contribution in [0.3, 0.4) is 0 Å². The number of nitrogens with two attached hydrogens (primary N) is 1. The van der Waals surface area contributed by atoms with E-state index in [9.17, 15) is 23.2 Å². The molecule has 0 aliphatic rings. The van der Waals surface area contributed by atoms with Crippen LogP contribution >= 0.6 is 11.8 Å². The number of carbonyl (C=O) groups excluding carboxylic acids is 1. The third-order valence-electron chi connectivity index (χ3n) is 4.53. The Morgan fingerprint density at radius 1 is 1.16 bits per heavy atom. The molecule has 3 rings (SSSR count). The maximum atomic E-state index is 13.8. The van der Waals surface area contributed by atoms with Crippen molar-refractivity contribution in [1.29, 1.82) is 0 Å². The van der Waals surface area contributed by atoms with E-state index in [1.807, 2.05) is 6.07 Å². The number of thioether (sulfide) groups is 1. The summed E-state index contributed by atoms with van der Waals surface area (Å²) in [6.07, 6.45) is 0. The van der Waals surface area contributed by atoms with Crippen LogP contribution in [0.5, 0.6) is 0 Å². The lowest BCUT2D eigenvalue weighted by Gasteiger charge is -2.23. The van der Waals surface area contributed by atoms with E-state index in [2.05, 4.69) is 4.98 Å². The molecule has 31 heavy (non-hydrogen) atoms. The molecule has 0 radical (unpaired) electrons. The number of hydrogen-bond donors (Lipinski definition) is 2. The van der Waals surface area contributed by atoms with E-state index in [-0.39, 0.29) is 35.2 Å². The van der Waals surface area contributed by atoms with Gasteiger partial charge in [-0.1, -0.05) is 30.3 Å². The van der Waals surface area contributed by atoms with Crippen molar-refractivity contribution in [3.63, 3.8) is 0 Å². The van der Waals surface area contributed by atoms with Crippen LogP contribution in [-0.4, -0.2) is 27.8 Å². The van der Waals surface area contributed by atoms with Gasteiger partial charge < -0.3 is 10.6 Å². The second-order valence-corrected chi connectivity index (χ2v) is 7.58. The van der Waals surface area contributed by atoms with Gasteiger partial charge in [0.1, 0.15) is 17.5 Å². The minimum Gasteiger partial charge on any atom is -0.383 e. The van der Waals surface area contributed by atoms with Gasteiger partial charge in [-0.15, -0.1) is 11.8 Å². The first-order valence-electron chi connectivity index (χ1n) is 9.36. The first-order valence-corrected chi connectivity index (χ1v) is 10.3. The van der Waals surface area contributed by atoms with Gasteiger partial charge in [0, 0.05) is 17.5 Å². The van der Waals surface area contributed by atoms with Crippen molar-refractivity contribution in [2.24, 2.45) is 0 Å². The zero-order valence-corrected chi connectivity index (χ0v) is 17.4. The molecule has 0 aliphatic carbocycles. The van der Waals surface area contributed by atoms with Crippen molar-refractivity contribution in [2.45, 2.75) is 18.4 Å². The molecule has 1 aromatic heterocycles. The van der Waals surface area contributed by atoms with E-state index in [0.29, 0.717) is 0 Å². The molecule has 0 unspecified atom stereocenters. The molecular weight excluding hydrogens is 426 g/mol. The topological polar surface area (TPSA) is 101 Å². The van der Waals surface area contributed by atoms with Gasteiger partial charge in [-0.05, 0) is 24.6 Å². The lowest BCUT2D eigenvalue weighted by Crippen LogP contribution is -2.41. The van der Waals surface area contributed by atoms with Crippen LogP contribution < -0.4 is 21.9 Å². The number of carbonyl (C=O) groups is 1. The highest BCUT2D eigenvalue weighted by Gasteiger charge is 2.23. The molecule has 162 valence electrons. The summed E-state index contributed by atoms with van der Waals surface area (Å²) in [7, 11) is 0. The molecule has 0 fully saturated rings. The monoisotopic (exact) mass is 446 g/mol. The Balaban J connectivity index is 1.89. The summed E-state index contributed by atoms with van der Waals surface area (Å²) in [4.78, 5) is 41.0. The Kier molecular flexibility index (Phi) is 6.91. The van der Waals surface area contributed by atoms with Crippen LogP contribution in [0.15, 0.2) is 63.0 Å². The van der Waals surface area contributed by atoms with E-state index in [1.165, 1.54) is 10.6 Å². The van der Waals surface area contributed by atoms with Gasteiger partial charge in [0.25, 0.3) is 5.56 Å². The smallest absolute Gasteiger partial charge is 0.330 e. The highest BCUT2D eigenvalue weighted by atomic mass is 32.2. The van der Waals surface area contributed by atoms with Crippen LogP contribution in [0, 0.1) is 11.6 Å². The predicted molar refractivity (Wildman–Crippen MR) is 116 cm³/mol. The summed E-state index contributed by atoms with van der Waals surface area (Å²) in [6.45, 7) is 1.85. The normalized spacial score (nSPS) is 10.8. The largest absolute Gasteiger partial charge is 0.383 e. The molecular formula is C21H20F2N4O3S. The minimum atomic E-state index is -0.792. The SMILES string of the molecule is CCN(C(=O)CSc1ccc(F)cc1F)c1c(N)n(Cc2ccccc2)c(=O)[nH]c1=O. The first kappa shape index (κ1) is 22.3. The summed E-state index contributed by atoms with van der Waals surface area (Å²) in [5, 5.41) is 0. The maximum Gasteiger partial charge on any atom is 0.330 e. The fourth-order valence-electron chi connectivity index (χ4n) is 3.03. The third kappa shape index (κ3) is 5.02. The van der Waals surface area contributed by atoms with E-state index in [1.54, 1.807) is 31.2 Å². The van der Waals surface area contributed by atoms with Gasteiger partial charge in [0.15, 0.2) is 5.69 Å². The molecule has 1 heterocycles. The van der Waals surface area contributed by atoms with Gasteiger partial charge in [0.05, 0.1) is 12.3 Å². The number of H-pyrrole nitrogens is 1. The molecule has 0 saturated carbocycles. The number of benzene rings is 2. The quantitative estimate of drug-likeness (QED) is 0.544. The molecule has 0 saturated heterocycles. The Morgan fingerprint density at radius 3 is 2.52 bits per heavy atom. The number of aromatic nitrogens is 2. The highest BCUT2D eigenvalue weighted by Crippen LogP contribution is 2.24. The number of anilines is 2. The molecule has 2 aromatic carbocycles. The lowest BCUT2D eigenvalue weighted by atomic mass is 10.2. The van der Waals surface area contributed by atoms with Crippen molar-refractivity contribution >= 4 is 29.2 Å².